The maximum absolute atomic E-state index is 13.4. The van der Waals surface area contributed by atoms with Crippen LogP contribution in [0.5, 0.6) is 11.5 Å². The van der Waals surface area contributed by atoms with Gasteiger partial charge < -0.3 is 14.2 Å². The molecule has 0 atom stereocenters. The van der Waals surface area contributed by atoms with Gasteiger partial charge in [0, 0.05) is 28.7 Å². The Hall–Kier alpha value is -4.05. The maximum Gasteiger partial charge on any atom is 0.340 e. The molecule has 34 heavy (non-hydrogen) atoms. The molecule has 0 saturated heterocycles. The Morgan fingerprint density at radius 3 is 2.71 bits per heavy atom. The summed E-state index contributed by atoms with van der Waals surface area (Å²) in [6.45, 7) is 2.28. The van der Waals surface area contributed by atoms with Crippen LogP contribution < -0.4 is 9.47 Å². The van der Waals surface area contributed by atoms with Crippen LogP contribution >= 0.6 is 11.3 Å². The predicted molar refractivity (Wildman–Crippen MR) is 129 cm³/mol. The number of carbonyl (C=O) groups excluding carboxylic acids is 1. The summed E-state index contributed by atoms with van der Waals surface area (Å²) in [5, 5.41) is 6.03. The smallest absolute Gasteiger partial charge is 0.340 e. The van der Waals surface area contributed by atoms with Crippen LogP contribution in [0.15, 0.2) is 49.3 Å². The van der Waals surface area contributed by atoms with Crippen molar-refractivity contribution in [2.24, 2.45) is 0 Å². The average molecular weight is 476 g/mol. The average Bonchev–Trinajstić information content (AvgIpc) is 3.50. The quantitative estimate of drug-likeness (QED) is 0.320. The molecule has 5 rings (SSSR count). The normalized spacial score (nSPS) is 11.1. The van der Waals surface area contributed by atoms with Crippen molar-refractivity contribution in [1.82, 2.24) is 24.7 Å². The zero-order valence-corrected chi connectivity index (χ0v) is 19.6. The molecule has 0 bridgehead atoms. The fourth-order valence-corrected chi connectivity index (χ4v) is 5.06. The van der Waals surface area contributed by atoms with E-state index in [-0.39, 0.29) is 13.2 Å². The van der Waals surface area contributed by atoms with Gasteiger partial charge in [-0.3, -0.25) is 4.98 Å². The van der Waals surface area contributed by atoms with Crippen LogP contribution in [0, 0.1) is 0 Å². The minimum atomic E-state index is -0.454. The van der Waals surface area contributed by atoms with Crippen LogP contribution in [-0.4, -0.2) is 51.5 Å². The third kappa shape index (κ3) is 3.71. The number of methoxy groups -OCH3 is 2. The standard InChI is InChI=1S/C24H21N5O4S/c1-4-33-24(30)22-16(11-29-13-26-12-27-29)28-23-21(15-7-8-25-10-19(15)34-23)20(22)14-5-6-17(31-2)18(9-14)32-3/h5-10,12-13H,4,11H2,1-3H3. The lowest BCUT2D eigenvalue weighted by atomic mass is 9.94. The predicted octanol–water partition coefficient (Wildman–Crippen LogP) is 4.35. The van der Waals surface area contributed by atoms with Crippen LogP contribution in [0.3, 0.4) is 0 Å². The van der Waals surface area contributed by atoms with Crippen molar-refractivity contribution in [1.29, 1.82) is 0 Å². The van der Waals surface area contributed by atoms with Gasteiger partial charge in [-0.25, -0.2) is 19.4 Å². The molecule has 172 valence electrons. The maximum atomic E-state index is 13.4. The van der Waals surface area contributed by atoms with Crippen molar-refractivity contribution in [3.05, 3.63) is 60.6 Å². The highest BCUT2D eigenvalue weighted by molar-refractivity contribution is 7.25. The second-order valence-electron chi connectivity index (χ2n) is 7.35. The summed E-state index contributed by atoms with van der Waals surface area (Å²) in [6.07, 6.45) is 6.58. The number of esters is 1. The summed E-state index contributed by atoms with van der Waals surface area (Å²) in [4.78, 5) is 27.4. The summed E-state index contributed by atoms with van der Waals surface area (Å²) in [5.41, 5.74) is 2.43. The van der Waals surface area contributed by atoms with E-state index in [0.717, 1.165) is 31.4 Å². The lowest BCUT2D eigenvalue weighted by molar-refractivity contribution is 0.0525. The van der Waals surface area contributed by atoms with Crippen LogP contribution in [0.25, 0.3) is 31.4 Å². The van der Waals surface area contributed by atoms with Gasteiger partial charge in [0.2, 0.25) is 0 Å². The highest BCUT2D eigenvalue weighted by Gasteiger charge is 2.27. The molecule has 10 heteroatoms. The molecule has 9 nitrogen and oxygen atoms in total. The van der Waals surface area contributed by atoms with Gasteiger partial charge >= 0.3 is 5.97 Å². The first-order chi connectivity index (χ1) is 16.6. The lowest BCUT2D eigenvalue weighted by Gasteiger charge is -2.17. The van der Waals surface area contributed by atoms with E-state index in [1.165, 1.54) is 17.7 Å². The Labute approximate surface area is 199 Å². The van der Waals surface area contributed by atoms with Gasteiger partial charge in [-0.2, -0.15) is 5.10 Å². The molecule has 0 saturated carbocycles. The molecule has 0 aliphatic rings. The molecule has 0 unspecified atom stereocenters. The van der Waals surface area contributed by atoms with E-state index in [4.69, 9.17) is 19.2 Å². The van der Waals surface area contributed by atoms with Crippen molar-refractivity contribution in [2.45, 2.75) is 13.5 Å². The van der Waals surface area contributed by atoms with Gasteiger partial charge in [0.25, 0.3) is 0 Å². The SMILES string of the molecule is CCOC(=O)c1c(Cn2cncn2)nc2sc3cnccc3c2c1-c1ccc(OC)c(OC)c1. The van der Waals surface area contributed by atoms with Gasteiger partial charge in [0.1, 0.15) is 17.5 Å². The van der Waals surface area contributed by atoms with Gasteiger partial charge in [-0.05, 0) is 30.7 Å². The van der Waals surface area contributed by atoms with E-state index >= 15 is 0 Å². The fraction of sp³-hybridized carbons (Fsp3) is 0.208. The second kappa shape index (κ2) is 9.06. The number of benzene rings is 1. The number of hydrogen-bond donors (Lipinski definition) is 0. The Balaban J connectivity index is 1.90. The molecule has 5 aromatic rings. The Morgan fingerprint density at radius 1 is 1.12 bits per heavy atom. The van der Waals surface area contributed by atoms with E-state index in [1.807, 2.05) is 24.3 Å². The monoisotopic (exact) mass is 475 g/mol. The summed E-state index contributed by atoms with van der Waals surface area (Å²) in [7, 11) is 3.17. The molecule has 0 aliphatic carbocycles. The number of pyridine rings is 2. The van der Waals surface area contributed by atoms with Crippen molar-refractivity contribution in [3.63, 3.8) is 0 Å². The van der Waals surface area contributed by atoms with Crippen molar-refractivity contribution in [2.75, 3.05) is 20.8 Å². The molecule has 0 fully saturated rings. The highest BCUT2D eigenvalue weighted by Crippen LogP contribution is 2.43. The molecule has 1 aromatic carbocycles. The molecule has 0 amide bonds. The Morgan fingerprint density at radius 2 is 1.97 bits per heavy atom. The molecule has 0 aliphatic heterocycles. The largest absolute Gasteiger partial charge is 0.493 e. The molecule has 4 aromatic heterocycles. The number of thiophene rings is 1. The molecular weight excluding hydrogens is 454 g/mol. The zero-order chi connectivity index (χ0) is 23.7. The summed E-state index contributed by atoms with van der Waals surface area (Å²) >= 11 is 1.52. The third-order valence-corrected chi connectivity index (χ3v) is 6.46. The lowest BCUT2D eigenvalue weighted by Crippen LogP contribution is -2.15. The highest BCUT2D eigenvalue weighted by atomic mass is 32.1. The van der Waals surface area contributed by atoms with Crippen LogP contribution in [0.2, 0.25) is 0 Å². The number of rotatable bonds is 7. The number of ether oxygens (including phenoxy) is 3. The summed E-state index contributed by atoms with van der Waals surface area (Å²) in [5.74, 6) is 0.695. The topological polar surface area (TPSA) is 101 Å². The number of nitrogens with zero attached hydrogens (tertiary/aromatic N) is 5. The van der Waals surface area contributed by atoms with Crippen molar-refractivity contribution in [3.8, 4) is 22.6 Å². The van der Waals surface area contributed by atoms with E-state index in [2.05, 4.69) is 15.1 Å². The van der Waals surface area contributed by atoms with Crippen molar-refractivity contribution < 1.29 is 19.0 Å². The molecular formula is C24H21N5O4S. The van der Waals surface area contributed by atoms with Crippen molar-refractivity contribution >= 4 is 37.6 Å². The second-order valence-corrected chi connectivity index (χ2v) is 8.38. The van der Waals surface area contributed by atoms with E-state index in [0.29, 0.717) is 22.8 Å². The van der Waals surface area contributed by atoms with Gasteiger partial charge in [-0.15, -0.1) is 11.3 Å². The van der Waals surface area contributed by atoms with E-state index in [9.17, 15) is 4.79 Å². The summed E-state index contributed by atoms with van der Waals surface area (Å²) < 4.78 is 19.1. The van der Waals surface area contributed by atoms with E-state index in [1.54, 1.807) is 44.5 Å². The number of fused-ring (bicyclic) bond motifs is 3. The number of aromatic nitrogens is 5. The Kier molecular flexibility index (Phi) is 5.81. The molecule has 0 spiro atoms. The van der Waals surface area contributed by atoms with Crippen LogP contribution in [0.4, 0.5) is 0 Å². The zero-order valence-electron chi connectivity index (χ0n) is 18.8. The van der Waals surface area contributed by atoms with Gasteiger partial charge in [0.15, 0.2) is 11.5 Å². The Bertz CT molecular complexity index is 1500. The first kappa shape index (κ1) is 21.8. The first-order valence-corrected chi connectivity index (χ1v) is 11.4. The third-order valence-electron chi connectivity index (χ3n) is 5.43. The first-order valence-electron chi connectivity index (χ1n) is 10.6. The molecule has 0 N–H and O–H groups in total. The fourth-order valence-electron chi connectivity index (χ4n) is 3.99. The van der Waals surface area contributed by atoms with Gasteiger partial charge in [0.05, 0.1) is 43.3 Å². The minimum absolute atomic E-state index is 0.235. The molecule has 0 radical (unpaired) electrons. The van der Waals surface area contributed by atoms with Crippen LogP contribution in [0.1, 0.15) is 23.0 Å². The van der Waals surface area contributed by atoms with E-state index < -0.39 is 5.97 Å². The number of hydrogen-bond acceptors (Lipinski definition) is 9. The van der Waals surface area contributed by atoms with Crippen LogP contribution in [-0.2, 0) is 11.3 Å². The van der Waals surface area contributed by atoms with Gasteiger partial charge in [-0.1, -0.05) is 6.07 Å². The minimum Gasteiger partial charge on any atom is -0.493 e. The number of carbonyl (C=O) groups is 1. The summed E-state index contributed by atoms with van der Waals surface area (Å²) in [6, 6.07) is 7.53. The molecule has 4 heterocycles.